The van der Waals surface area contributed by atoms with Crippen molar-refractivity contribution in [1.29, 1.82) is 0 Å². The largest absolute Gasteiger partial charge is 0.391 e. The maximum atomic E-state index is 13.9. The summed E-state index contributed by atoms with van der Waals surface area (Å²) in [6.07, 6.45) is 7.18. The molecule has 1 saturated carbocycles. The molecule has 272 valence electrons. The Morgan fingerprint density at radius 3 is 2.36 bits per heavy atom. The highest BCUT2D eigenvalue weighted by atomic mass is 16.3. The number of amides is 5. The number of aromatic nitrogens is 3. The number of carbonyl (C=O) groups excluding carboxylic acids is 5. The lowest BCUT2D eigenvalue weighted by Crippen LogP contribution is -2.60. The van der Waals surface area contributed by atoms with Crippen molar-refractivity contribution < 1.29 is 29.1 Å². The van der Waals surface area contributed by atoms with Gasteiger partial charge in [-0.3, -0.25) is 33.6 Å². The van der Waals surface area contributed by atoms with E-state index in [1.54, 1.807) is 10.9 Å². The Morgan fingerprint density at radius 2 is 1.62 bits per heavy atom. The molecule has 3 aliphatic rings. The van der Waals surface area contributed by atoms with Crippen molar-refractivity contribution in [3.8, 4) is 0 Å². The molecule has 6 N–H and O–H groups in total. The van der Waals surface area contributed by atoms with Crippen LogP contribution in [0.5, 0.6) is 0 Å². The maximum absolute atomic E-state index is 13.9. The Hall–Kier alpha value is -4.37. The van der Waals surface area contributed by atoms with Gasteiger partial charge in [0, 0.05) is 32.0 Å². The topological polar surface area (TPSA) is 200 Å². The molecule has 1 aromatic carbocycles. The number of benzene rings is 1. The predicted octanol–water partition coefficient (Wildman–Crippen LogP) is -0.0747. The molecule has 3 heterocycles. The fourth-order valence-electron chi connectivity index (χ4n) is 7.18. The normalized spacial score (nSPS) is 27.7. The summed E-state index contributed by atoms with van der Waals surface area (Å²) in [5, 5.41) is 33.2. The SMILES string of the molecule is C[C@@H](O)[C@@H]1NC(=O)[C@H](CC2CCCCC2)NC(=O)[C@@H]2C[C@@H](CN2C)NC(=O)CCCn2cc(nn2)CNC(=O)[C@H](Cc2ccccc2)NC1=O. The first-order valence-corrected chi connectivity index (χ1v) is 17.8. The van der Waals surface area contributed by atoms with Crippen LogP contribution >= 0.6 is 0 Å². The van der Waals surface area contributed by atoms with E-state index in [0.717, 1.165) is 37.7 Å². The van der Waals surface area contributed by atoms with Gasteiger partial charge in [-0.2, -0.15) is 0 Å². The van der Waals surface area contributed by atoms with Crippen LogP contribution in [0, 0.1) is 5.92 Å². The summed E-state index contributed by atoms with van der Waals surface area (Å²) in [6.45, 7) is 2.37. The van der Waals surface area contributed by atoms with Crippen molar-refractivity contribution >= 4 is 29.5 Å². The molecule has 1 aliphatic carbocycles. The fourth-order valence-corrected chi connectivity index (χ4v) is 7.18. The minimum atomic E-state index is -1.39. The molecule has 1 saturated heterocycles. The summed E-state index contributed by atoms with van der Waals surface area (Å²) >= 11 is 0. The number of nitrogens with one attached hydrogen (secondary N) is 5. The van der Waals surface area contributed by atoms with Gasteiger partial charge in [-0.15, -0.1) is 5.10 Å². The predicted molar refractivity (Wildman–Crippen MR) is 183 cm³/mol. The molecule has 2 aliphatic heterocycles. The van der Waals surface area contributed by atoms with Crippen LogP contribution in [0.4, 0.5) is 0 Å². The van der Waals surface area contributed by atoms with Crippen LogP contribution in [0.25, 0.3) is 0 Å². The second-order valence-corrected chi connectivity index (χ2v) is 14.0. The van der Waals surface area contributed by atoms with Crippen molar-refractivity contribution in [2.24, 2.45) is 5.92 Å². The molecule has 4 bridgehead atoms. The zero-order valence-corrected chi connectivity index (χ0v) is 29.0. The van der Waals surface area contributed by atoms with Gasteiger partial charge in [0.15, 0.2) is 0 Å². The van der Waals surface area contributed by atoms with Crippen LogP contribution in [0.15, 0.2) is 36.5 Å². The molecule has 0 unspecified atom stereocenters. The molecule has 15 heteroatoms. The smallest absolute Gasteiger partial charge is 0.245 e. The number of nitrogens with zero attached hydrogens (tertiary/aromatic N) is 4. The summed E-state index contributed by atoms with van der Waals surface area (Å²) in [5.74, 6) is -2.04. The maximum Gasteiger partial charge on any atom is 0.245 e. The number of likely N-dealkylation sites (tertiary alicyclic amines) is 1. The van der Waals surface area contributed by atoms with Gasteiger partial charge in [-0.25, -0.2) is 0 Å². The summed E-state index contributed by atoms with van der Waals surface area (Å²) in [4.78, 5) is 69.5. The monoisotopic (exact) mass is 693 g/mol. The van der Waals surface area contributed by atoms with Gasteiger partial charge in [0.05, 0.1) is 24.9 Å². The van der Waals surface area contributed by atoms with Crippen LogP contribution < -0.4 is 26.6 Å². The second-order valence-electron chi connectivity index (χ2n) is 14.0. The Morgan fingerprint density at radius 1 is 0.880 bits per heavy atom. The molecule has 15 nitrogen and oxygen atoms in total. The Balaban J connectivity index is 1.39. The average Bonchev–Trinajstić information content (AvgIpc) is 3.71. The molecule has 2 aromatic rings. The van der Waals surface area contributed by atoms with Crippen LogP contribution in [-0.4, -0.2) is 104 Å². The second kappa shape index (κ2) is 17.5. The first-order chi connectivity index (χ1) is 24.0. The van der Waals surface area contributed by atoms with E-state index in [4.69, 9.17) is 0 Å². The number of fused-ring (bicyclic) bond motifs is 4. The number of rotatable bonds is 5. The van der Waals surface area contributed by atoms with E-state index in [1.165, 1.54) is 6.92 Å². The standard InChI is InChI=1S/C35H51N9O6/c1-22(45)31-35(50)39-27(16-23-10-5-3-6-11-23)32(47)36-19-26-21-44(42-41-26)15-9-14-30(46)37-25-18-29(43(2)20-25)34(49)38-28(33(48)40-31)17-24-12-7-4-8-13-24/h3,5-6,10-11,21-22,24-25,27-29,31,45H,4,7-9,12-20H2,1-2H3,(H,36,47)(H,37,46)(H,38,49)(H,39,50)(H,40,48)/t22-,25+,27+,28+,29+,31+/m1/s1. The number of hydrogen-bond acceptors (Lipinski definition) is 9. The van der Waals surface area contributed by atoms with E-state index in [-0.39, 0.29) is 43.2 Å². The molecule has 0 radical (unpaired) electrons. The summed E-state index contributed by atoms with van der Waals surface area (Å²) in [5.41, 5.74) is 1.30. The van der Waals surface area contributed by atoms with Crippen LogP contribution in [0.1, 0.15) is 76.0 Å². The van der Waals surface area contributed by atoms with E-state index in [0.29, 0.717) is 38.0 Å². The highest BCUT2D eigenvalue weighted by Gasteiger charge is 2.38. The van der Waals surface area contributed by atoms with Crippen molar-refractivity contribution in [3.63, 3.8) is 0 Å². The zero-order chi connectivity index (χ0) is 35.6. The molecule has 6 atom stereocenters. The first-order valence-electron chi connectivity index (χ1n) is 17.8. The van der Waals surface area contributed by atoms with Gasteiger partial charge >= 0.3 is 0 Å². The third kappa shape index (κ3) is 10.3. The molecular formula is C35H51N9O6. The van der Waals surface area contributed by atoms with E-state index in [9.17, 15) is 29.1 Å². The number of aliphatic hydroxyl groups excluding tert-OH is 1. The Labute approximate surface area is 292 Å². The molecular weight excluding hydrogens is 642 g/mol. The van der Waals surface area contributed by atoms with E-state index < -0.39 is 48.0 Å². The van der Waals surface area contributed by atoms with Gasteiger partial charge in [0.25, 0.3) is 0 Å². The van der Waals surface area contributed by atoms with E-state index >= 15 is 0 Å². The molecule has 1 aromatic heterocycles. The lowest BCUT2D eigenvalue weighted by Gasteiger charge is -2.30. The van der Waals surface area contributed by atoms with Gasteiger partial charge < -0.3 is 31.7 Å². The number of aliphatic hydroxyl groups is 1. The number of carbonyl (C=O) groups is 5. The zero-order valence-electron chi connectivity index (χ0n) is 29.0. The summed E-state index contributed by atoms with van der Waals surface area (Å²) in [6, 6.07) is 5.01. The van der Waals surface area contributed by atoms with Gasteiger partial charge in [0.2, 0.25) is 29.5 Å². The Bertz CT molecular complexity index is 1480. The molecule has 2 fully saturated rings. The summed E-state index contributed by atoms with van der Waals surface area (Å²) < 4.78 is 1.61. The van der Waals surface area contributed by atoms with Gasteiger partial charge in [-0.1, -0.05) is 67.6 Å². The first kappa shape index (κ1) is 36.9. The van der Waals surface area contributed by atoms with Crippen LogP contribution in [-0.2, 0) is 43.5 Å². The van der Waals surface area contributed by atoms with Crippen molar-refractivity contribution in [2.45, 2.75) is 121 Å². The highest BCUT2D eigenvalue weighted by Crippen LogP contribution is 2.28. The van der Waals surface area contributed by atoms with Crippen LogP contribution in [0.3, 0.4) is 0 Å². The van der Waals surface area contributed by atoms with E-state index in [1.807, 2.05) is 42.3 Å². The van der Waals surface area contributed by atoms with Crippen molar-refractivity contribution in [3.05, 3.63) is 47.8 Å². The highest BCUT2D eigenvalue weighted by molar-refractivity contribution is 5.95. The van der Waals surface area contributed by atoms with Gasteiger partial charge in [0.1, 0.15) is 23.8 Å². The molecule has 5 rings (SSSR count). The average molecular weight is 694 g/mol. The minimum Gasteiger partial charge on any atom is -0.391 e. The quantitative estimate of drug-likeness (QED) is 0.248. The number of aryl methyl sites for hydroxylation is 1. The van der Waals surface area contributed by atoms with Crippen molar-refractivity contribution in [2.75, 3.05) is 13.6 Å². The van der Waals surface area contributed by atoms with Crippen LogP contribution in [0.2, 0.25) is 0 Å². The molecule has 5 amide bonds. The van der Waals surface area contributed by atoms with Gasteiger partial charge in [-0.05, 0) is 44.7 Å². The number of hydrogen-bond donors (Lipinski definition) is 6. The minimum absolute atomic E-state index is 0.0515. The fraction of sp³-hybridized carbons (Fsp3) is 0.629. The van der Waals surface area contributed by atoms with E-state index in [2.05, 4.69) is 36.9 Å². The summed E-state index contributed by atoms with van der Waals surface area (Å²) in [7, 11) is 1.81. The lowest BCUT2D eigenvalue weighted by molar-refractivity contribution is -0.136. The Kier molecular flexibility index (Phi) is 12.9. The molecule has 0 spiro atoms. The third-order valence-corrected chi connectivity index (χ3v) is 9.94. The lowest BCUT2D eigenvalue weighted by atomic mass is 9.84. The molecule has 50 heavy (non-hydrogen) atoms. The van der Waals surface area contributed by atoms with Crippen molar-refractivity contribution in [1.82, 2.24) is 46.5 Å². The number of likely N-dealkylation sites (N-methyl/N-ethyl adjacent to an activating group) is 1. The third-order valence-electron chi connectivity index (χ3n) is 9.94.